The molecule has 2 aliphatic rings. The number of β-amino-alcohol motifs (C(OH)–C–C–N with tert-alkyl or cyclic N) is 1. The fourth-order valence-corrected chi connectivity index (χ4v) is 4.90. The lowest BCUT2D eigenvalue weighted by molar-refractivity contribution is -0.286. The van der Waals surface area contributed by atoms with Gasteiger partial charge in [0.25, 0.3) is 5.91 Å². The number of halogens is 2. The highest BCUT2D eigenvalue weighted by Gasteiger charge is 2.44. The second-order valence-electron chi connectivity index (χ2n) is 9.06. The number of nitrogens with one attached hydrogen (secondary N) is 1. The van der Waals surface area contributed by atoms with Crippen molar-refractivity contribution in [3.63, 3.8) is 0 Å². The number of piperazine rings is 1. The van der Waals surface area contributed by atoms with Crippen LogP contribution in [0.1, 0.15) is 10.4 Å². The summed E-state index contributed by atoms with van der Waals surface area (Å²) < 4.78 is 36.9. The molecular formula is C27H24F2N4O4. The van der Waals surface area contributed by atoms with E-state index in [0.29, 0.717) is 42.0 Å². The molecule has 2 aliphatic heterocycles. The Morgan fingerprint density at radius 1 is 1.03 bits per heavy atom. The minimum atomic E-state index is -3.72. The maximum atomic E-state index is 13.7. The van der Waals surface area contributed by atoms with E-state index in [1.807, 2.05) is 29.2 Å². The number of H-pyrrole nitrogens is 1. The summed E-state index contributed by atoms with van der Waals surface area (Å²) in [5.41, 5.74) is 3.88. The number of aliphatic hydroxyl groups is 1. The van der Waals surface area contributed by atoms with Crippen LogP contribution in [0.2, 0.25) is 0 Å². The number of aliphatic hydroxyl groups excluding tert-OH is 1. The summed E-state index contributed by atoms with van der Waals surface area (Å²) in [5.74, 6) is -0.0883. The minimum absolute atomic E-state index is 0.0227. The zero-order chi connectivity index (χ0) is 25.6. The van der Waals surface area contributed by atoms with Crippen LogP contribution in [-0.4, -0.2) is 76.4 Å². The van der Waals surface area contributed by atoms with E-state index in [2.05, 4.69) is 19.6 Å². The van der Waals surface area contributed by atoms with Crippen molar-refractivity contribution < 1.29 is 28.2 Å². The fourth-order valence-electron chi connectivity index (χ4n) is 4.90. The Morgan fingerprint density at radius 2 is 1.84 bits per heavy atom. The first kappa shape index (κ1) is 23.4. The van der Waals surface area contributed by atoms with E-state index >= 15 is 0 Å². The maximum Gasteiger partial charge on any atom is 0.586 e. The Balaban J connectivity index is 1.30. The largest absolute Gasteiger partial charge is 0.586 e. The molecule has 2 aromatic heterocycles. The number of fused-ring (bicyclic) bond motifs is 2. The van der Waals surface area contributed by atoms with Gasteiger partial charge in [0.05, 0.1) is 6.61 Å². The lowest BCUT2D eigenvalue weighted by atomic mass is 10.00. The molecule has 0 atom stereocenters. The highest BCUT2D eigenvalue weighted by molar-refractivity contribution is 5.99. The molecule has 6 rings (SSSR count). The van der Waals surface area contributed by atoms with Crippen LogP contribution < -0.4 is 9.47 Å². The van der Waals surface area contributed by atoms with Crippen LogP contribution in [0.4, 0.5) is 8.78 Å². The van der Waals surface area contributed by atoms with Crippen molar-refractivity contribution in [1.29, 1.82) is 0 Å². The highest BCUT2D eigenvalue weighted by Crippen LogP contribution is 2.48. The average molecular weight is 507 g/mol. The molecule has 2 N–H and O–H groups in total. The summed E-state index contributed by atoms with van der Waals surface area (Å²) in [6.45, 7) is 3.39. The SMILES string of the molecule is O=C(c1cccc(-c2cnc3[nH]cc(-c4cccc5c4OC(F)(F)O5)c3c2)c1)N1CCN(CCO)CC1. The highest BCUT2D eigenvalue weighted by atomic mass is 19.3. The third kappa shape index (κ3) is 4.38. The summed E-state index contributed by atoms with van der Waals surface area (Å²) in [4.78, 5) is 24.7. The Labute approximate surface area is 211 Å². The summed E-state index contributed by atoms with van der Waals surface area (Å²) in [5, 5.41) is 9.86. The molecule has 0 radical (unpaired) electrons. The van der Waals surface area contributed by atoms with Crippen molar-refractivity contribution in [2.75, 3.05) is 39.3 Å². The molecule has 1 amide bonds. The van der Waals surface area contributed by atoms with Gasteiger partial charge in [0.2, 0.25) is 0 Å². The topological polar surface area (TPSA) is 90.9 Å². The summed E-state index contributed by atoms with van der Waals surface area (Å²) in [6.07, 6.45) is -0.303. The Hall–Kier alpha value is -4.02. The van der Waals surface area contributed by atoms with Gasteiger partial charge in [-0.3, -0.25) is 9.69 Å². The van der Waals surface area contributed by atoms with Crippen molar-refractivity contribution in [3.8, 4) is 33.8 Å². The number of aromatic nitrogens is 2. The van der Waals surface area contributed by atoms with E-state index < -0.39 is 6.29 Å². The van der Waals surface area contributed by atoms with Gasteiger partial charge in [0.15, 0.2) is 11.5 Å². The number of benzene rings is 2. The predicted molar refractivity (Wildman–Crippen MR) is 133 cm³/mol. The minimum Gasteiger partial charge on any atom is -0.395 e. The average Bonchev–Trinajstić information content (AvgIpc) is 3.47. The first-order chi connectivity index (χ1) is 17.9. The molecule has 1 saturated heterocycles. The van der Waals surface area contributed by atoms with Crippen LogP contribution in [0, 0.1) is 0 Å². The number of hydrogen-bond acceptors (Lipinski definition) is 6. The molecule has 1 fully saturated rings. The molecule has 37 heavy (non-hydrogen) atoms. The monoisotopic (exact) mass is 506 g/mol. The van der Waals surface area contributed by atoms with Crippen molar-refractivity contribution in [2.24, 2.45) is 0 Å². The Morgan fingerprint density at radius 3 is 2.65 bits per heavy atom. The van der Waals surface area contributed by atoms with E-state index in [4.69, 9.17) is 9.84 Å². The molecule has 0 bridgehead atoms. The normalized spacial score (nSPS) is 16.9. The van der Waals surface area contributed by atoms with Gasteiger partial charge in [-0.2, -0.15) is 0 Å². The van der Waals surface area contributed by atoms with E-state index in [-0.39, 0.29) is 24.0 Å². The molecule has 10 heteroatoms. The first-order valence-electron chi connectivity index (χ1n) is 12.0. The van der Waals surface area contributed by atoms with Crippen LogP contribution in [0.15, 0.2) is 60.9 Å². The maximum absolute atomic E-state index is 13.7. The lowest BCUT2D eigenvalue weighted by Gasteiger charge is -2.34. The van der Waals surface area contributed by atoms with Crippen LogP contribution in [0.3, 0.4) is 0 Å². The van der Waals surface area contributed by atoms with Gasteiger partial charge in [-0.05, 0) is 29.8 Å². The molecule has 8 nitrogen and oxygen atoms in total. The number of carbonyl (C=O) groups excluding carboxylic acids is 1. The van der Waals surface area contributed by atoms with Crippen LogP contribution >= 0.6 is 0 Å². The molecule has 0 aliphatic carbocycles. The summed E-state index contributed by atoms with van der Waals surface area (Å²) >= 11 is 0. The molecule has 4 aromatic rings. The van der Waals surface area contributed by atoms with Crippen molar-refractivity contribution in [3.05, 3.63) is 66.5 Å². The van der Waals surface area contributed by atoms with Crippen molar-refractivity contribution in [2.45, 2.75) is 6.29 Å². The van der Waals surface area contributed by atoms with E-state index in [0.717, 1.165) is 29.6 Å². The molecular weight excluding hydrogens is 482 g/mol. The molecule has 2 aromatic carbocycles. The predicted octanol–water partition coefficient (Wildman–Crippen LogP) is 3.97. The van der Waals surface area contributed by atoms with Gasteiger partial charge >= 0.3 is 6.29 Å². The van der Waals surface area contributed by atoms with Gasteiger partial charge in [0, 0.05) is 72.8 Å². The third-order valence-corrected chi connectivity index (χ3v) is 6.77. The van der Waals surface area contributed by atoms with Gasteiger partial charge in [0.1, 0.15) is 5.65 Å². The summed E-state index contributed by atoms with van der Waals surface area (Å²) in [7, 11) is 0. The zero-order valence-electron chi connectivity index (χ0n) is 19.8. The van der Waals surface area contributed by atoms with E-state index in [1.165, 1.54) is 6.07 Å². The van der Waals surface area contributed by atoms with Gasteiger partial charge in [-0.25, -0.2) is 4.98 Å². The number of pyridine rings is 1. The number of hydrogen-bond donors (Lipinski definition) is 2. The van der Waals surface area contributed by atoms with Gasteiger partial charge in [-0.1, -0.05) is 24.3 Å². The Kier molecular flexibility index (Phi) is 5.77. The smallest absolute Gasteiger partial charge is 0.395 e. The second-order valence-corrected chi connectivity index (χ2v) is 9.06. The van der Waals surface area contributed by atoms with Crippen LogP contribution in [-0.2, 0) is 0 Å². The van der Waals surface area contributed by atoms with E-state index in [9.17, 15) is 13.6 Å². The number of aromatic amines is 1. The molecule has 190 valence electrons. The second kappa shape index (κ2) is 9.13. The molecule has 4 heterocycles. The third-order valence-electron chi connectivity index (χ3n) is 6.77. The van der Waals surface area contributed by atoms with Crippen LogP contribution in [0.25, 0.3) is 33.3 Å². The molecule has 0 unspecified atom stereocenters. The van der Waals surface area contributed by atoms with Gasteiger partial charge in [-0.15, -0.1) is 8.78 Å². The number of ether oxygens (including phenoxy) is 2. The van der Waals surface area contributed by atoms with Crippen LogP contribution in [0.5, 0.6) is 11.5 Å². The van der Waals surface area contributed by atoms with Crippen molar-refractivity contribution in [1.82, 2.24) is 19.8 Å². The number of nitrogens with zero attached hydrogens (tertiary/aromatic N) is 3. The quantitative estimate of drug-likeness (QED) is 0.426. The fraction of sp³-hybridized carbons (Fsp3) is 0.259. The molecule has 0 spiro atoms. The number of para-hydroxylation sites is 1. The number of alkyl halides is 2. The van der Waals surface area contributed by atoms with Crippen molar-refractivity contribution >= 4 is 16.9 Å². The van der Waals surface area contributed by atoms with E-state index in [1.54, 1.807) is 30.6 Å². The lowest BCUT2D eigenvalue weighted by Crippen LogP contribution is -2.49. The first-order valence-corrected chi connectivity index (χ1v) is 12.0. The summed E-state index contributed by atoms with van der Waals surface area (Å²) in [6, 6.07) is 14.1. The standard InChI is InChI=1S/C27H24F2N4O4/c28-27(29)36-23-6-2-5-20(24(23)37-27)22-16-31-25-21(22)14-19(15-30-25)17-3-1-4-18(13-17)26(35)33-9-7-32(8-10-33)11-12-34/h1-6,13-16,34H,7-12H2,(H,30,31). The molecule has 0 saturated carbocycles. The number of amides is 1. The Bertz CT molecular complexity index is 1480. The number of rotatable bonds is 5. The van der Waals surface area contributed by atoms with Gasteiger partial charge < -0.3 is 24.5 Å². The zero-order valence-corrected chi connectivity index (χ0v) is 19.8. The number of carbonyl (C=O) groups is 1.